The number of hydrogen-bond acceptors (Lipinski definition) is 5. The maximum atomic E-state index is 9.91. The summed E-state index contributed by atoms with van der Waals surface area (Å²) in [4.78, 5) is 9.91. The van der Waals surface area contributed by atoms with E-state index in [9.17, 15) is 4.91 Å². The average Bonchev–Trinajstić information content (AvgIpc) is 2.26. The maximum absolute atomic E-state index is 9.91. The second-order valence-electron chi connectivity index (χ2n) is 2.87. The van der Waals surface area contributed by atoms with Gasteiger partial charge >= 0.3 is 0 Å². The number of ether oxygens (including phenoxy) is 2. The van der Waals surface area contributed by atoms with E-state index in [1.54, 1.807) is 0 Å². The summed E-state index contributed by atoms with van der Waals surface area (Å²) in [5.74, 6) is 2.01. The first kappa shape index (κ1) is 9.33. The van der Waals surface area contributed by atoms with Crippen molar-refractivity contribution in [2.24, 2.45) is 4.58 Å². The van der Waals surface area contributed by atoms with Gasteiger partial charge < -0.3 is 9.47 Å². The van der Waals surface area contributed by atoms with Crippen molar-refractivity contribution in [1.29, 1.82) is 0 Å². The van der Waals surface area contributed by atoms with Crippen LogP contribution >= 0.6 is 11.9 Å². The fourth-order valence-corrected chi connectivity index (χ4v) is 1.65. The molecule has 4 nitrogen and oxygen atoms in total. The quantitative estimate of drug-likeness (QED) is 0.568. The molecule has 5 heteroatoms. The van der Waals surface area contributed by atoms with Crippen LogP contribution in [-0.4, -0.2) is 18.5 Å². The van der Waals surface area contributed by atoms with Crippen LogP contribution in [-0.2, 0) is 0 Å². The van der Waals surface area contributed by atoms with Gasteiger partial charge in [0.2, 0.25) is 0 Å². The molecule has 0 saturated heterocycles. The van der Waals surface area contributed by atoms with Gasteiger partial charge in [-0.3, -0.25) is 0 Å². The van der Waals surface area contributed by atoms with Crippen LogP contribution in [0, 0.1) is 4.91 Å². The van der Waals surface area contributed by atoms with Crippen LogP contribution in [0.5, 0.6) is 11.5 Å². The first-order valence-electron chi connectivity index (χ1n) is 4.23. The zero-order valence-corrected chi connectivity index (χ0v) is 8.20. The van der Waals surface area contributed by atoms with Crippen molar-refractivity contribution in [1.82, 2.24) is 0 Å². The molecule has 0 aromatic heterocycles. The van der Waals surface area contributed by atoms with E-state index in [0.29, 0.717) is 12.4 Å². The Morgan fingerprint density at radius 2 is 2.21 bits per heavy atom. The first-order valence-corrected chi connectivity index (χ1v) is 5.17. The minimum atomic E-state index is -0.0902. The van der Waals surface area contributed by atoms with Gasteiger partial charge in [-0.25, -0.2) is 0 Å². The zero-order chi connectivity index (χ0) is 9.80. The third kappa shape index (κ3) is 1.98. The van der Waals surface area contributed by atoms with Crippen molar-refractivity contribution in [2.75, 3.05) is 12.4 Å². The van der Waals surface area contributed by atoms with Crippen LogP contribution in [0.1, 0.15) is 0 Å². The lowest BCUT2D eigenvalue weighted by Gasteiger charge is -2.25. The number of fused-ring (bicyclic) bond motifs is 1. The minimum absolute atomic E-state index is 0.0902. The van der Waals surface area contributed by atoms with Crippen LogP contribution in [0.15, 0.2) is 28.8 Å². The van der Waals surface area contributed by atoms with Gasteiger partial charge in [-0.1, -0.05) is 12.1 Å². The summed E-state index contributed by atoms with van der Waals surface area (Å²) >= 11 is 0.954. The third-order valence-electron chi connectivity index (χ3n) is 1.88. The van der Waals surface area contributed by atoms with Crippen molar-refractivity contribution in [3.8, 4) is 11.5 Å². The number of nitroso groups, excluding NO2 is 1. The molecule has 0 spiro atoms. The lowest BCUT2D eigenvalue weighted by Crippen LogP contribution is -2.30. The van der Waals surface area contributed by atoms with E-state index in [4.69, 9.17) is 9.47 Å². The van der Waals surface area contributed by atoms with E-state index in [-0.39, 0.29) is 6.10 Å². The van der Waals surface area contributed by atoms with E-state index in [1.807, 2.05) is 24.3 Å². The predicted molar refractivity (Wildman–Crippen MR) is 54.6 cm³/mol. The van der Waals surface area contributed by atoms with Crippen molar-refractivity contribution in [3.05, 3.63) is 29.2 Å². The van der Waals surface area contributed by atoms with Crippen molar-refractivity contribution < 1.29 is 9.47 Å². The molecule has 1 aromatic rings. The van der Waals surface area contributed by atoms with Gasteiger partial charge in [-0.05, 0) is 12.1 Å². The highest BCUT2D eigenvalue weighted by molar-refractivity contribution is 7.97. The summed E-state index contributed by atoms with van der Waals surface area (Å²) in [6, 6.07) is 7.48. The summed E-state index contributed by atoms with van der Waals surface area (Å²) in [5, 5.41) is 0. The molecular formula is C9H9NO3S. The van der Waals surface area contributed by atoms with Gasteiger partial charge in [-0.15, -0.1) is 4.91 Å². The monoisotopic (exact) mass is 211 g/mol. The fraction of sp³-hybridized carbons (Fsp3) is 0.333. The molecule has 0 saturated carbocycles. The molecule has 0 aliphatic carbocycles. The Morgan fingerprint density at radius 3 is 3.00 bits per heavy atom. The summed E-state index contributed by atoms with van der Waals surface area (Å²) in [6.45, 7) is 0.472. The van der Waals surface area contributed by atoms with E-state index in [0.717, 1.165) is 23.4 Å². The van der Waals surface area contributed by atoms with Gasteiger partial charge in [0.15, 0.2) is 11.5 Å². The van der Waals surface area contributed by atoms with Gasteiger partial charge in [-0.2, -0.15) is 0 Å². The van der Waals surface area contributed by atoms with Gasteiger partial charge in [0.25, 0.3) is 0 Å². The minimum Gasteiger partial charge on any atom is -0.486 e. The fourth-order valence-electron chi connectivity index (χ4n) is 1.26. The van der Waals surface area contributed by atoms with Gasteiger partial charge in [0.1, 0.15) is 12.7 Å². The molecule has 14 heavy (non-hydrogen) atoms. The predicted octanol–water partition coefficient (Wildman–Crippen LogP) is 2.24. The number of para-hydroxylation sites is 2. The van der Waals surface area contributed by atoms with Crippen molar-refractivity contribution in [3.63, 3.8) is 0 Å². The highest BCUT2D eigenvalue weighted by Gasteiger charge is 2.20. The topological polar surface area (TPSA) is 47.9 Å². The highest BCUT2D eigenvalue weighted by Crippen LogP contribution is 2.31. The number of benzene rings is 1. The molecule has 2 rings (SSSR count). The maximum Gasteiger partial charge on any atom is 0.161 e. The number of rotatable bonds is 3. The molecule has 1 heterocycles. The molecule has 0 N–H and O–H groups in total. The Morgan fingerprint density at radius 1 is 1.43 bits per heavy atom. The molecule has 0 amide bonds. The molecule has 1 unspecified atom stereocenters. The summed E-state index contributed by atoms with van der Waals surface area (Å²) in [5.41, 5.74) is 0. The summed E-state index contributed by atoms with van der Waals surface area (Å²) in [6.07, 6.45) is -0.0902. The number of hydrogen-bond donors (Lipinski definition) is 0. The Labute approximate surface area is 85.7 Å². The molecular weight excluding hydrogens is 202 g/mol. The molecule has 1 aliphatic heterocycles. The molecule has 0 bridgehead atoms. The Bertz CT molecular complexity index is 332. The van der Waals surface area contributed by atoms with Crippen LogP contribution in [0.2, 0.25) is 0 Å². The average molecular weight is 211 g/mol. The third-order valence-corrected chi connectivity index (χ3v) is 2.51. The Kier molecular flexibility index (Phi) is 2.88. The molecule has 1 aliphatic rings. The first-order chi connectivity index (χ1) is 6.90. The zero-order valence-electron chi connectivity index (χ0n) is 7.38. The summed E-state index contributed by atoms with van der Waals surface area (Å²) in [7, 11) is 0. The smallest absolute Gasteiger partial charge is 0.161 e. The lowest BCUT2D eigenvalue weighted by atomic mass is 10.3. The van der Waals surface area contributed by atoms with E-state index < -0.39 is 0 Å². The van der Waals surface area contributed by atoms with E-state index in [1.165, 1.54) is 0 Å². The van der Waals surface area contributed by atoms with Crippen molar-refractivity contribution in [2.45, 2.75) is 6.10 Å². The number of nitrogens with zero attached hydrogens (tertiary/aromatic N) is 1. The lowest BCUT2D eigenvalue weighted by molar-refractivity contribution is 0.107. The second kappa shape index (κ2) is 4.32. The molecule has 1 aromatic carbocycles. The van der Waals surface area contributed by atoms with E-state index in [2.05, 4.69) is 4.58 Å². The van der Waals surface area contributed by atoms with Crippen LogP contribution in [0.4, 0.5) is 0 Å². The van der Waals surface area contributed by atoms with Gasteiger partial charge in [0.05, 0.1) is 5.75 Å². The Hall–Kier alpha value is -1.23. The van der Waals surface area contributed by atoms with Gasteiger partial charge in [0, 0.05) is 16.5 Å². The molecule has 1 atom stereocenters. The second-order valence-corrected chi connectivity index (χ2v) is 3.61. The normalized spacial score (nSPS) is 19.0. The Balaban J connectivity index is 2.02. The highest BCUT2D eigenvalue weighted by atomic mass is 32.2. The largest absolute Gasteiger partial charge is 0.486 e. The van der Waals surface area contributed by atoms with Crippen LogP contribution < -0.4 is 9.47 Å². The standard InChI is InChI=1S/C9H9NO3S/c11-10-14-6-7-5-12-8-3-1-2-4-9(8)13-7/h1-4,7H,5-6H2. The van der Waals surface area contributed by atoms with Crippen molar-refractivity contribution >= 4 is 11.9 Å². The van der Waals surface area contributed by atoms with E-state index >= 15 is 0 Å². The van der Waals surface area contributed by atoms with Crippen LogP contribution in [0.3, 0.4) is 0 Å². The van der Waals surface area contributed by atoms with Crippen LogP contribution in [0.25, 0.3) is 0 Å². The molecule has 0 fully saturated rings. The SMILES string of the molecule is O=NSCC1COc2ccccc2O1. The summed E-state index contributed by atoms with van der Waals surface area (Å²) < 4.78 is 13.8. The molecule has 0 radical (unpaired) electrons. The molecule has 74 valence electrons.